The van der Waals surface area contributed by atoms with Gasteiger partial charge in [-0.05, 0) is 47.2 Å². The minimum Gasteiger partial charge on any atom is -0.207 e. The van der Waals surface area contributed by atoms with Gasteiger partial charge in [0.1, 0.15) is 5.82 Å². The molecule has 0 nitrogen and oxygen atoms in total. The maximum atomic E-state index is 14.5. The van der Waals surface area contributed by atoms with Gasteiger partial charge in [-0.25, -0.2) is 4.39 Å². The molecular formula is C23H21F. The summed E-state index contributed by atoms with van der Waals surface area (Å²) in [6, 6.07) is 22.0. The summed E-state index contributed by atoms with van der Waals surface area (Å²) < 4.78 is 14.5. The van der Waals surface area contributed by atoms with Gasteiger partial charge >= 0.3 is 0 Å². The monoisotopic (exact) mass is 316 g/mol. The van der Waals surface area contributed by atoms with Crippen molar-refractivity contribution in [3.63, 3.8) is 0 Å². The van der Waals surface area contributed by atoms with E-state index in [1.165, 1.54) is 11.1 Å². The fourth-order valence-electron chi connectivity index (χ4n) is 2.80. The Morgan fingerprint density at radius 3 is 2.08 bits per heavy atom. The summed E-state index contributed by atoms with van der Waals surface area (Å²) in [4.78, 5) is 0. The molecule has 0 saturated heterocycles. The standard InChI is InChI=1S/C23H21F/c1-3-4-18-7-9-19(10-8-18)15-22-14-13-21(16-23(22)24)20-11-5-17(2)6-12-20/h3,5-14,16H,1,4,15H2,2H3. The van der Waals surface area contributed by atoms with Crippen molar-refractivity contribution in [1.82, 2.24) is 0 Å². The smallest absolute Gasteiger partial charge is 0.127 e. The second-order valence-corrected chi connectivity index (χ2v) is 6.16. The van der Waals surface area contributed by atoms with E-state index in [2.05, 4.69) is 30.8 Å². The van der Waals surface area contributed by atoms with Crippen LogP contribution in [0.3, 0.4) is 0 Å². The quantitative estimate of drug-likeness (QED) is 0.497. The van der Waals surface area contributed by atoms with E-state index < -0.39 is 0 Å². The molecule has 0 unspecified atom stereocenters. The van der Waals surface area contributed by atoms with Crippen LogP contribution in [0.5, 0.6) is 0 Å². The van der Waals surface area contributed by atoms with Crippen molar-refractivity contribution in [2.45, 2.75) is 19.8 Å². The molecule has 0 heterocycles. The first kappa shape index (κ1) is 16.2. The van der Waals surface area contributed by atoms with Crippen LogP contribution in [-0.2, 0) is 12.8 Å². The van der Waals surface area contributed by atoms with Gasteiger partial charge in [-0.3, -0.25) is 0 Å². The summed E-state index contributed by atoms with van der Waals surface area (Å²) in [5.74, 6) is -0.150. The van der Waals surface area contributed by atoms with Crippen LogP contribution in [0.25, 0.3) is 11.1 Å². The molecule has 24 heavy (non-hydrogen) atoms. The molecule has 0 aromatic heterocycles. The summed E-state index contributed by atoms with van der Waals surface area (Å²) >= 11 is 0. The van der Waals surface area contributed by atoms with Crippen LogP contribution in [0, 0.1) is 12.7 Å². The topological polar surface area (TPSA) is 0 Å². The third-order valence-corrected chi connectivity index (χ3v) is 4.24. The predicted molar refractivity (Wildman–Crippen MR) is 99.7 cm³/mol. The van der Waals surface area contributed by atoms with E-state index in [0.717, 1.165) is 28.7 Å². The second kappa shape index (κ2) is 7.27. The van der Waals surface area contributed by atoms with Gasteiger partial charge in [0, 0.05) is 6.42 Å². The average Bonchev–Trinajstić information content (AvgIpc) is 2.59. The molecule has 120 valence electrons. The summed E-state index contributed by atoms with van der Waals surface area (Å²) in [6.45, 7) is 5.80. The van der Waals surface area contributed by atoms with Crippen molar-refractivity contribution in [2.75, 3.05) is 0 Å². The third-order valence-electron chi connectivity index (χ3n) is 4.24. The van der Waals surface area contributed by atoms with E-state index >= 15 is 0 Å². The molecule has 0 aliphatic rings. The van der Waals surface area contributed by atoms with E-state index in [4.69, 9.17) is 0 Å². The summed E-state index contributed by atoms with van der Waals surface area (Å²) in [6.07, 6.45) is 3.35. The third kappa shape index (κ3) is 3.80. The predicted octanol–water partition coefficient (Wildman–Crippen LogP) is 6.12. The van der Waals surface area contributed by atoms with Crippen molar-refractivity contribution in [2.24, 2.45) is 0 Å². The molecular weight excluding hydrogens is 295 g/mol. The Kier molecular flexibility index (Phi) is 4.90. The first-order valence-corrected chi connectivity index (χ1v) is 8.20. The molecule has 0 atom stereocenters. The molecule has 3 aromatic carbocycles. The van der Waals surface area contributed by atoms with Crippen molar-refractivity contribution >= 4 is 0 Å². The first-order chi connectivity index (χ1) is 11.7. The van der Waals surface area contributed by atoms with Gasteiger partial charge in [0.05, 0.1) is 0 Å². The van der Waals surface area contributed by atoms with Crippen LogP contribution >= 0.6 is 0 Å². The highest BCUT2D eigenvalue weighted by Gasteiger charge is 2.06. The van der Waals surface area contributed by atoms with Gasteiger partial charge in [0.25, 0.3) is 0 Å². The molecule has 0 bridgehead atoms. The van der Waals surface area contributed by atoms with Crippen molar-refractivity contribution < 1.29 is 4.39 Å². The Bertz CT molecular complexity index is 827. The molecule has 0 amide bonds. The molecule has 3 aromatic rings. The van der Waals surface area contributed by atoms with Crippen molar-refractivity contribution in [3.05, 3.63) is 107 Å². The summed E-state index contributed by atoms with van der Waals surface area (Å²) in [5, 5.41) is 0. The Balaban J connectivity index is 1.79. The number of allylic oxidation sites excluding steroid dienone is 1. The van der Waals surface area contributed by atoms with Gasteiger partial charge < -0.3 is 0 Å². The van der Waals surface area contributed by atoms with Crippen LogP contribution in [0.1, 0.15) is 22.3 Å². The number of hydrogen-bond acceptors (Lipinski definition) is 0. The molecule has 0 aliphatic carbocycles. The Morgan fingerprint density at radius 2 is 1.46 bits per heavy atom. The number of halogens is 1. The molecule has 0 aliphatic heterocycles. The molecule has 0 N–H and O–H groups in total. The van der Waals surface area contributed by atoms with Crippen LogP contribution in [-0.4, -0.2) is 0 Å². The number of benzene rings is 3. The van der Waals surface area contributed by atoms with Gasteiger partial charge in [-0.15, -0.1) is 6.58 Å². The zero-order valence-electron chi connectivity index (χ0n) is 13.9. The second-order valence-electron chi connectivity index (χ2n) is 6.16. The lowest BCUT2D eigenvalue weighted by molar-refractivity contribution is 0.614. The van der Waals surface area contributed by atoms with Gasteiger partial charge in [-0.1, -0.05) is 72.3 Å². The maximum absolute atomic E-state index is 14.5. The van der Waals surface area contributed by atoms with Crippen LogP contribution in [0.15, 0.2) is 79.4 Å². The Labute approximate surface area is 143 Å². The van der Waals surface area contributed by atoms with E-state index in [1.807, 2.05) is 49.4 Å². The van der Waals surface area contributed by atoms with Gasteiger partial charge in [0.15, 0.2) is 0 Å². The highest BCUT2D eigenvalue weighted by molar-refractivity contribution is 5.64. The lowest BCUT2D eigenvalue weighted by atomic mass is 9.98. The van der Waals surface area contributed by atoms with E-state index in [1.54, 1.807) is 6.07 Å². The fourth-order valence-corrected chi connectivity index (χ4v) is 2.80. The number of aryl methyl sites for hydroxylation is 1. The van der Waals surface area contributed by atoms with Gasteiger partial charge in [0.2, 0.25) is 0 Å². The maximum Gasteiger partial charge on any atom is 0.127 e. The normalized spacial score (nSPS) is 10.6. The van der Waals surface area contributed by atoms with E-state index in [-0.39, 0.29) is 5.82 Å². The number of hydrogen-bond donors (Lipinski definition) is 0. The van der Waals surface area contributed by atoms with Crippen LogP contribution in [0.2, 0.25) is 0 Å². The summed E-state index contributed by atoms with van der Waals surface area (Å²) in [5.41, 5.74) is 6.23. The average molecular weight is 316 g/mol. The van der Waals surface area contributed by atoms with Crippen molar-refractivity contribution in [3.8, 4) is 11.1 Å². The largest absolute Gasteiger partial charge is 0.207 e. The minimum atomic E-state index is -0.150. The SMILES string of the molecule is C=CCc1ccc(Cc2ccc(-c3ccc(C)cc3)cc2F)cc1. The molecule has 0 radical (unpaired) electrons. The van der Waals surface area contributed by atoms with E-state index in [9.17, 15) is 4.39 Å². The van der Waals surface area contributed by atoms with E-state index in [0.29, 0.717) is 6.42 Å². The molecule has 0 fully saturated rings. The summed E-state index contributed by atoms with van der Waals surface area (Å²) in [7, 11) is 0. The fraction of sp³-hybridized carbons (Fsp3) is 0.130. The van der Waals surface area contributed by atoms with Crippen LogP contribution < -0.4 is 0 Å². The Hall–Kier alpha value is -2.67. The number of rotatable bonds is 5. The zero-order valence-corrected chi connectivity index (χ0v) is 13.9. The molecule has 0 spiro atoms. The lowest BCUT2D eigenvalue weighted by Crippen LogP contribution is -1.94. The van der Waals surface area contributed by atoms with Crippen molar-refractivity contribution in [1.29, 1.82) is 0 Å². The minimum absolute atomic E-state index is 0.150. The molecule has 1 heteroatoms. The zero-order chi connectivity index (χ0) is 16.9. The molecule has 3 rings (SSSR count). The first-order valence-electron chi connectivity index (χ1n) is 8.20. The van der Waals surface area contributed by atoms with Gasteiger partial charge in [-0.2, -0.15) is 0 Å². The lowest BCUT2D eigenvalue weighted by Gasteiger charge is -2.08. The van der Waals surface area contributed by atoms with Crippen LogP contribution in [0.4, 0.5) is 4.39 Å². The highest BCUT2D eigenvalue weighted by atomic mass is 19.1. The molecule has 0 saturated carbocycles. The Morgan fingerprint density at radius 1 is 0.833 bits per heavy atom. The highest BCUT2D eigenvalue weighted by Crippen LogP contribution is 2.24.